The number of carbonyl (C=O) groups excluding carboxylic acids is 1. The summed E-state index contributed by atoms with van der Waals surface area (Å²) in [5.41, 5.74) is 4.74. The van der Waals surface area contributed by atoms with Gasteiger partial charge in [-0.25, -0.2) is 14.8 Å². The van der Waals surface area contributed by atoms with Crippen molar-refractivity contribution in [2.75, 3.05) is 0 Å². The third-order valence-electron chi connectivity index (χ3n) is 4.06. The van der Waals surface area contributed by atoms with E-state index in [0.717, 1.165) is 27.9 Å². The molecule has 25 heavy (non-hydrogen) atoms. The molecule has 5 heteroatoms. The number of carbonyl (C=O) groups is 1. The lowest BCUT2D eigenvalue weighted by atomic mass is 9.98. The van der Waals surface area contributed by atoms with E-state index in [2.05, 4.69) is 5.16 Å². The fourth-order valence-corrected chi connectivity index (χ4v) is 2.69. The minimum absolute atomic E-state index is 0.389. The molecule has 3 aromatic rings. The summed E-state index contributed by atoms with van der Waals surface area (Å²) in [5.74, 6) is -0.389. The van der Waals surface area contributed by atoms with Crippen LogP contribution in [0.15, 0.2) is 53.7 Å². The van der Waals surface area contributed by atoms with Gasteiger partial charge in [0.25, 0.3) is 0 Å². The summed E-state index contributed by atoms with van der Waals surface area (Å²) in [6.07, 6.45) is 0. The third-order valence-corrected chi connectivity index (χ3v) is 4.06. The van der Waals surface area contributed by atoms with Crippen LogP contribution in [0.1, 0.15) is 32.0 Å². The average molecular weight is 331 g/mol. The summed E-state index contributed by atoms with van der Waals surface area (Å²) in [6, 6.07) is 15.5. The molecule has 0 fully saturated rings. The Kier molecular flexibility index (Phi) is 3.39. The number of nitrogens with zero attached hydrogens (tertiary/aromatic N) is 3. The van der Waals surface area contributed by atoms with E-state index in [0.29, 0.717) is 11.4 Å². The Morgan fingerprint density at radius 3 is 2.08 bits per heavy atom. The number of oxime groups is 1. The van der Waals surface area contributed by atoms with Gasteiger partial charge in [0, 0.05) is 11.1 Å². The van der Waals surface area contributed by atoms with Crippen molar-refractivity contribution in [2.45, 2.75) is 20.8 Å². The van der Waals surface area contributed by atoms with Crippen molar-refractivity contribution in [2.24, 2.45) is 10.6 Å². The van der Waals surface area contributed by atoms with Gasteiger partial charge in [-0.15, -0.1) is 0 Å². The second-order valence-electron chi connectivity index (χ2n) is 7.02. The summed E-state index contributed by atoms with van der Waals surface area (Å²) >= 11 is 0. The quantitative estimate of drug-likeness (QED) is 0.391. The molecule has 1 heterocycles. The maximum atomic E-state index is 12.1. The predicted molar refractivity (Wildman–Crippen MR) is 96.2 cm³/mol. The molecule has 0 unspecified atom stereocenters. The van der Waals surface area contributed by atoms with E-state index in [9.17, 15) is 4.79 Å². The van der Waals surface area contributed by atoms with Crippen LogP contribution in [-0.2, 0) is 9.63 Å². The van der Waals surface area contributed by atoms with Crippen LogP contribution in [0.3, 0.4) is 0 Å². The average Bonchev–Trinajstić information content (AvgIpc) is 2.90. The van der Waals surface area contributed by atoms with E-state index in [-0.39, 0.29) is 5.97 Å². The molecular formula is C20H17N3O2. The fraction of sp³-hybridized carbons (Fsp3) is 0.200. The van der Waals surface area contributed by atoms with Crippen LogP contribution in [0.4, 0.5) is 0 Å². The Balaban J connectivity index is 1.89. The van der Waals surface area contributed by atoms with Gasteiger partial charge in [-0.05, 0) is 32.9 Å². The number of hydrogen-bond acceptors (Lipinski definition) is 5. The lowest BCUT2D eigenvalue weighted by Gasteiger charge is -2.13. The molecule has 0 amide bonds. The van der Waals surface area contributed by atoms with E-state index in [1.165, 1.54) is 0 Å². The Hall–Kier alpha value is -3.08. The molecular weight excluding hydrogens is 314 g/mol. The molecule has 0 radical (unpaired) electrons. The highest BCUT2D eigenvalue weighted by atomic mass is 16.7. The molecule has 5 nitrogen and oxygen atoms in total. The van der Waals surface area contributed by atoms with E-state index in [4.69, 9.17) is 14.8 Å². The monoisotopic (exact) mass is 331 g/mol. The fourth-order valence-electron chi connectivity index (χ4n) is 2.69. The third kappa shape index (κ3) is 2.58. The minimum Gasteiger partial charge on any atom is -0.317 e. The highest BCUT2D eigenvalue weighted by Gasteiger charge is 2.30. The summed E-state index contributed by atoms with van der Waals surface area (Å²) in [6.45, 7) is 5.37. The summed E-state index contributed by atoms with van der Waals surface area (Å²) in [7, 11) is 0. The normalized spacial score (nSPS) is 14.4. The zero-order chi connectivity index (χ0) is 17.6. The lowest BCUT2D eigenvalue weighted by Crippen LogP contribution is -2.21. The number of para-hydroxylation sites is 2. The van der Waals surface area contributed by atoms with E-state index < -0.39 is 5.41 Å². The molecule has 1 aromatic heterocycles. The molecule has 1 aliphatic rings. The van der Waals surface area contributed by atoms with Gasteiger partial charge in [0.15, 0.2) is 0 Å². The highest BCUT2D eigenvalue weighted by Crippen LogP contribution is 2.35. The molecule has 2 aromatic carbocycles. The molecule has 0 N–H and O–H groups in total. The lowest BCUT2D eigenvalue weighted by molar-refractivity contribution is -0.152. The van der Waals surface area contributed by atoms with Crippen molar-refractivity contribution in [3.63, 3.8) is 0 Å². The van der Waals surface area contributed by atoms with Gasteiger partial charge in [0.05, 0.1) is 22.1 Å². The van der Waals surface area contributed by atoms with Gasteiger partial charge < -0.3 is 4.84 Å². The first-order valence-electron chi connectivity index (χ1n) is 8.11. The van der Waals surface area contributed by atoms with E-state index in [1.807, 2.05) is 48.5 Å². The standard InChI is InChI=1S/C20H17N3O2/c1-20(2,3)19(24)25-23-17-13-9-5-4-8-12(13)16-18(17)22-15-11-7-6-10-14(15)21-16/h4-11H,1-3H3/b23-17-. The van der Waals surface area contributed by atoms with Gasteiger partial charge in [-0.3, -0.25) is 0 Å². The largest absolute Gasteiger partial charge is 0.340 e. The van der Waals surface area contributed by atoms with Crippen molar-refractivity contribution in [1.29, 1.82) is 0 Å². The smallest absolute Gasteiger partial charge is 0.317 e. The van der Waals surface area contributed by atoms with E-state index in [1.54, 1.807) is 20.8 Å². The summed E-state index contributed by atoms with van der Waals surface area (Å²) in [4.78, 5) is 26.7. The molecule has 0 spiro atoms. The van der Waals surface area contributed by atoms with Gasteiger partial charge in [0.2, 0.25) is 0 Å². The van der Waals surface area contributed by atoms with Crippen LogP contribution in [-0.4, -0.2) is 21.6 Å². The van der Waals surface area contributed by atoms with Crippen LogP contribution in [0.25, 0.3) is 22.3 Å². The van der Waals surface area contributed by atoms with Gasteiger partial charge in [-0.2, -0.15) is 0 Å². The van der Waals surface area contributed by atoms with Crippen LogP contribution >= 0.6 is 0 Å². The minimum atomic E-state index is -0.625. The summed E-state index contributed by atoms with van der Waals surface area (Å²) in [5, 5.41) is 4.14. The Labute approximate surface area is 145 Å². The maximum absolute atomic E-state index is 12.1. The molecule has 0 aliphatic heterocycles. The van der Waals surface area contributed by atoms with Crippen molar-refractivity contribution < 1.29 is 9.63 Å². The van der Waals surface area contributed by atoms with Crippen LogP contribution < -0.4 is 0 Å². The second kappa shape index (κ2) is 5.48. The molecule has 4 rings (SSSR count). The van der Waals surface area contributed by atoms with Crippen molar-refractivity contribution in [3.05, 3.63) is 59.8 Å². The number of rotatable bonds is 1. The molecule has 124 valence electrons. The molecule has 0 saturated heterocycles. The molecule has 1 aliphatic carbocycles. The number of benzene rings is 2. The van der Waals surface area contributed by atoms with Gasteiger partial charge >= 0.3 is 5.97 Å². The number of aromatic nitrogens is 2. The topological polar surface area (TPSA) is 64.4 Å². The van der Waals surface area contributed by atoms with Crippen molar-refractivity contribution >= 4 is 22.7 Å². The predicted octanol–water partition coefficient (Wildman–Crippen LogP) is 3.95. The van der Waals surface area contributed by atoms with E-state index >= 15 is 0 Å². The van der Waals surface area contributed by atoms with Crippen molar-refractivity contribution in [3.8, 4) is 11.3 Å². The highest BCUT2D eigenvalue weighted by molar-refractivity contribution is 6.23. The van der Waals surface area contributed by atoms with Crippen LogP contribution in [0.5, 0.6) is 0 Å². The Bertz CT molecular complexity index is 1030. The SMILES string of the molecule is CC(C)(C)C(=O)O/N=C1/c2ccccc2-c2nc3ccccc3nc21. The van der Waals surface area contributed by atoms with Crippen LogP contribution in [0.2, 0.25) is 0 Å². The maximum Gasteiger partial charge on any atom is 0.340 e. The molecule has 0 atom stereocenters. The van der Waals surface area contributed by atoms with Gasteiger partial charge in [-0.1, -0.05) is 41.6 Å². The first kappa shape index (κ1) is 15.4. The Morgan fingerprint density at radius 1 is 0.880 bits per heavy atom. The zero-order valence-corrected chi connectivity index (χ0v) is 14.3. The number of hydrogen-bond donors (Lipinski definition) is 0. The summed E-state index contributed by atoms with van der Waals surface area (Å²) < 4.78 is 0. The zero-order valence-electron chi connectivity index (χ0n) is 14.3. The number of fused-ring (bicyclic) bond motifs is 4. The Morgan fingerprint density at radius 2 is 1.44 bits per heavy atom. The van der Waals surface area contributed by atoms with Crippen molar-refractivity contribution in [1.82, 2.24) is 9.97 Å². The molecule has 0 saturated carbocycles. The second-order valence-corrected chi connectivity index (χ2v) is 7.02. The van der Waals surface area contributed by atoms with Gasteiger partial charge in [0.1, 0.15) is 11.4 Å². The van der Waals surface area contributed by atoms with Crippen LogP contribution in [0, 0.1) is 5.41 Å². The first-order chi connectivity index (χ1) is 11.9. The first-order valence-corrected chi connectivity index (χ1v) is 8.11. The molecule has 0 bridgehead atoms.